The molecule has 104 valence electrons. The summed E-state index contributed by atoms with van der Waals surface area (Å²) in [5.41, 5.74) is -0.764. The van der Waals surface area contributed by atoms with Gasteiger partial charge >= 0.3 is 5.97 Å². The van der Waals surface area contributed by atoms with Crippen LogP contribution >= 0.6 is 15.9 Å². The molecule has 7 heteroatoms. The van der Waals surface area contributed by atoms with E-state index in [0.29, 0.717) is 6.07 Å². The van der Waals surface area contributed by atoms with Gasteiger partial charge in [0, 0.05) is 0 Å². The number of carbonyl (C=O) groups is 1. The third kappa shape index (κ3) is 2.82. The van der Waals surface area contributed by atoms with Crippen LogP contribution in [-0.4, -0.2) is 5.97 Å². The molecule has 0 aliphatic carbocycles. The lowest BCUT2D eigenvalue weighted by Crippen LogP contribution is -2.12. The Labute approximate surface area is 119 Å². The van der Waals surface area contributed by atoms with Crippen LogP contribution < -0.4 is 4.74 Å². The van der Waals surface area contributed by atoms with Gasteiger partial charge in [0.2, 0.25) is 0 Å². The van der Waals surface area contributed by atoms with Crippen molar-refractivity contribution in [2.45, 2.75) is 0 Å². The molecule has 0 atom stereocenters. The summed E-state index contributed by atoms with van der Waals surface area (Å²) in [6.07, 6.45) is 0. The average molecular weight is 349 g/mol. The van der Waals surface area contributed by atoms with Crippen LogP contribution in [0.5, 0.6) is 5.75 Å². The van der Waals surface area contributed by atoms with Crippen molar-refractivity contribution in [3.8, 4) is 5.75 Å². The van der Waals surface area contributed by atoms with E-state index in [1.807, 2.05) is 0 Å². The molecule has 20 heavy (non-hydrogen) atoms. The van der Waals surface area contributed by atoms with E-state index in [-0.39, 0.29) is 10.2 Å². The van der Waals surface area contributed by atoms with Gasteiger partial charge in [-0.3, -0.25) is 0 Å². The maximum atomic E-state index is 13.4. The predicted molar refractivity (Wildman–Crippen MR) is 65.4 cm³/mol. The van der Waals surface area contributed by atoms with Crippen molar-refractivity contribution >= 4 is 21.9 Å². The number of esters is 1. The molecular formula is C13H5BrF4O2. The molecule has 0 spiro atoms. The van der Waals surface area contributed by atoms with Gasteiger partial charge in [0.1, 0.15) is 11.6 Å². The Kier molecular flexibility index (Phi) is 4.08. The van der Waals surface area contributed by atoms with Gasteiger partial charge < -0.3 is 4.74 Å². The van der Waals surface area contributed by atoms with Gasteiger partial charge in [0.25, 0.3) is 0 Å². The van der Waals surface area contributed by atoms with Gasteiger partial charge in [-0.2, -0.15) is 0 Å². The van der Waals surface area contributed by atoms with Crippen molar-refractivity contribution in [2.75, 3.05) is 0 Å². The van der Waals surface area contributed by atoms with E-state index >= 15 is 0 Å². The standard InChI is InChI=1S/C13H5BrF4O2/c14-8-5-6(15)1-4-10(8)20-13(19)7-2-3-9(16)12(18)11(7)17/h1-5H. The normalized spacial score (nSPS) is 10.4. The van der Waals surface area contributed by atoms with Crippen LogP contribution in [-0.2, 0) is 0 Å². The molecule has 0 aliphatic heterocycles. The number of benzene rings is 2. The smallest absolute Gasteiger partial charge is 0.346 e. The van der Waals surface area contributed by atoms with Gasteiger partial charge in [-0.05, 0) is 46.3 Å². The Morgan fingerprint density at radius 3 is 2.35 bits per heavy atom. The summed E-state index contributed by atoms with van der Waals surface area (Å²) < 4.78 is 56.9. The first-order chi connectivity index (χ1) is 9.40. The molecule has 2 rings (SSSR count). The van der Waals surface area contributed by atoms with E-state index in [1.165, 1.54) is 0 Å². The summed E-state index contributed by atoms with van der Waals surface area (Å²) in [6.45, 7) is 0. The summed E-state index contributed by atoms with van der Waals surface area (Å²) in [7, 11) is 0. The third-order valence-electron chi connectivity index (χ3n) is 2.35. The number of hydrogen-bond acceptors (Lipinski definition) is 2. The van der Waals surface area contributed by atoms with Crippen molar-refractivity contribution in [1.82, 2.24) is 0 Å². The maximum Gasteiger partial charge on any atom is 0.346 e. The summed E-state index contributed by atoms with van der Waals surface area (Å²) in [5.74, 6) is -6.71. The first-order valence-corrected chi connectivity index (χ1v) is 6.00. The van der Waals surface area contributed by atoms with Crippen molar-refractivity contribution < 1.29 is 27.1 Å². The zero-order valence-corrected chi connectivity index (χ0v) is 11.2. The molecule has 0 bridgehead atoms. The second kappa shape index (κ2) is 5.62. The van der Waals surface area contributed by atoms with Crippen LogP contribution in [0.15, 0.2) is 34.8 Å². The highest BCUT2D eigenvalue weighted by atomic mass is 79.9. The predicted octanol–water partition coefficient (Wildman–Crippen LogP) is 4.22. The van der Waals surface area contributed by atoms with E-state index in [9.17, 15) is 22.4 Å². The van der Waals surface area contributed by atoms with Crippen molar-refractivity contribution in [2.24, 2.45) is 0 Å². The minimum atomic E-state index is -1.77. The summed E-state index contributed by atoms with van der Waals surface area (Å²) in [4.78, 5) is 11.7. The van der Waals surface area contributed by atoms with Crippen molar-refractivity contribution in [1.29, 1.82) is 0 Å². The quantitative estimate of drug-likeness (QED) is 0.351. The molecule has 0 unspecified atom stereocenters. The van der Waals surface area contributed by atoms with Gasteiger partial charge in [-0.15, -0.1) is 0 Å². The Morgan fingerprint density at radius 1 is 1.00 bits per heavy atom. The Bertz CT molecular complexity index is 688. The van der Waals surface area contributed by atoms with Crippen LogP contribution in [0.3, 0.4) is 0 Å². The molecule has 0 N–H and O–H groups in total. The van der Waals surface area contributed by atoms with Gasteiger partial charge in [0.15, 0.2) is 17.5 Å². The van der Waals surface area contributed by atoms with Crippen LogP contribution in [0.4, 0.5) is 17.6 Å². The zero-order chi connectivity index (χ0) is 14.9. The molecule has 2 aromatic carbocycles. The highest BCUT2D eigenvalue weighted by Crippen LogP contribution is 2.27. The lowest BCUT2D eigenvalue weighted by molar-refractivity contribution is 0.0727. The fraction of sp³-hybridized carbons (Fsp3) is 0. The van der Waals surface area contributed by atoms with E-state index in [4.69, 9.17) is 4.74 Å². The molecule has 0 heterocycles. The summed E-state index contributed by atoms with van der Waals surface area (Å²) >= 11 is 2.95. The summed E-state index contributed by atoms with van der Waals surface area (Å²) in [5, 5.41) is 0. The van der Waals surface area contributed by atoms with E-state index < -0.39 is 34.8 Å². The Morgan fingerprint density at radius 2 is 1.70 bits per heavy atom. The SMILES string of the molecule is O=C(Oc1ccc(F)cc1Br)c1ccc(F)c(F)c1F. The second-order valence-electron chi connectivity index (χ2n) is 3.69. The monoisotopic (exact) mass is 348 g/mol. The van der Waals surface area contributed by atoms with Gasteiger partial charge in [-0.1, -0.05) is 0 Å². The largest absolute Gasteiger partial charge is 0.422 e. The van der Waals surface area contributed by atoms with E-state index in [1.54, 1.807) is 0 Å². The number of carbonyl (C=O) groups excluding carboxylic acids is 1. The average Bonchev–Trinajstić information content (AvgIpc) is 2.39. The van der Waals surface area contributed by atoms with Crippen LogP contribution in [0.25, 0.3) is 0 Å². The number of rotatable bonds is 2. The molecular weight excluding hydrogens is 344 g/mol. The molecule has 2 aromatic rings. The van der Waals surface area contributed by atoms with Gasteiger partial charge in [0.05, 0.1) is 10.0 Å². The van der Waals surface area contributed by atoms with E-state index in [0.717, 1.165) is 24.3 Å². The topological polar surface area (TPSA) is 26.3 Å². The number of ether oxygens (including phenoxy) is 1. The molecule has 0 saturated carbocycles. The molecule has 0 radical (unpaired) electrons. The van der Waals surface area contributed by atoms with Crippen LogP contribution in [0.2, 0.25) is 0 Å². The first-order valence-electron chi connectivity index (χ1n) is 5.21. The van der Waals surface area contributed by atoms with Crippen molar-refractivity contribution in [3.63, 3.8) is 0 Å². The van der Waals surface area contributed by atoms with Crippen LogP contribution in [0.1, 0.15) is 10.4 Å². The van der Waals surface area contributed by atoms with Crippen molar-refractivity contribution in [3.05, 3.63) is 63.6 Å². The highest BCUT2D eigenvalue weighted by molar-refractivity contribution is 9.10. The number of hydrogen-bond donors (Lipinski definition) is 0. The molecule has 0 aromatic heterocycles. The van der Waals surface area contributed by atoms with Gasteiger partial charge in [-0.25, -0.2) is 22.4 Å². The molecule has 0 amide bonds. The Hall–Kier alpha value is -1.89. The molecule has 0 fully saturated rings. The molecule has 0 saturated heterocycles. The maximum absolute atomic E-state index is 13.4. The lowest BCUT2D eigenvalue weighted by Gasteiger charge is -2.07. The Balaban J connectivity index is 2.31. The molecule has 0 aliphatic rings. The lowest BCUT2D eigenvalue weighted by atomic mass is 10.2. The third-order valence-corrected chi connectivity index (χ3v) is 2.97. The minimum Gasteiger partial charge on any atom is -0.422 e. The first kappa shape index (κ1) is 14.5. The number of halogens is 5. The minimum absolute atomic E-state index is 0.0828. The highest BCUT2D eigenvalue weighted by Gasteiger charge is 2.21. The van der Waals surface area contributed by atoms with E-state index in [2.05, 4.69) is 15.9 Å². The fourth-order valence-electron chi connectivity index (χ4n) is 1.40. The van der Waals surface area contributed by atoms with Crippen LogP contribution in [0, 0.1) is 23.3 Å². The fourth-order valence-corrected chi connectivity index (χ4v) is 1.83. The summed E-state index contributed by atoms with van der Waals surface area (Å²) in [6, 6.07) is 4.55. The molecule has 2 nitrogen and oxygen atoms in total. The zero-order valence-electron chi connectivity index (χ0n) is 9.59. The second-order valence-corrected chi connectivity index (χ2v) is 4.54.